The second-order valence-corrected chi connectivity index (χ2v) is 4.82. The lowest BCUT2D eigenvalue weighted by Gasteiger charge is -2.23. The highest BCUT2D eigenvalue weighted by Gasteiger charge is 2.30. The van der Waals surface area contributed by atoms with E-state index in [0.717, 1.165) is 18.6 Å². The molecule has 0 radical (unpaired) electrons. The van der Waals surface area contributed by atoms with Crippen molar-refractivity contribution in [2.45, 2.75) is 38.2 Å². The topological polar surface area (TPSA) is 59.3 Å². The summed E-state index contributed by atoms with van der Waals surface area (Å²) in [4.78, 5) is 12.4. The van der Waals surface area contributed by atoms with Crippen LogP contribution < -0.4 is 4.74 Å². The van der Waals surface area contributed by atoms with Crippen LogP contribution in [-0.4, -0.2) is 25.1 Å². The quantitative estimate of drug-likeness (QED) is 0.827. The van der Waals surface area contributed by atoms with Crippen molar-refractivity contribution >= 4 is 5.78 Å². The van der Waals surface area contributed by atoms with Gasteiger partial charge >= 0.3 is 0 Å². The summed E-state index contributed by atoms with van der Waals surface area (Å²) < 4.78 is 10.8. The van der Waals surface area contributed by atoms with E-state index in [9.17, 15) is 10.1 Å². The molecule has 0 saturated carbocycles. The van der Waals surface area contributed by atoms with Gasteiger partial charge in [0.05, 0.1) is 12.7 Å². The Morgan fingerprint density at radius 3 is 2.75 bits per heavy atom. The number of carbonyl (C=O) groups is 1. The van der Waals surface area contributed by atoms with Crippen LogP contribution in [0, 0.1) is 11.3 Å². The third kappa shape index (κ3) is 3.37. The van der Waals surface area contributed by atoms with Gasteiger partial charge in [0.2, 0.25) is 0 Å². The Bertz CT molecular complexity index is 483. The molecule has 0 aromatic heterocycles. The fourth-order valence-electron chi connectivity index (χ4n) is 2.38. The molecular formula is C16H19NO3. The van der Waals surface area contributed by atoms with Crippen LogP contribution in [-0.2, 0) is 9.53 Å². The highest BCUT2D eigenvalue weighted by molar-refractivity contribution is 5.92. The van der Waals surface area contributed by atoms with Gasteiger partial charge in [-0.3, -0.25) is 4.79 Å². The maximum absolute atomic E-state index is 12.4. The lowest BCUT2D eigenvalue weighted by Crippen LogP contribution is -2.32. The minimum absolute atomic E-state index is 0.128. The Labute approximate surface area is 119 Å². The van der Waals surface area contributed by atoms with Crippen molar-refractivity contribution in [2.24, 2.45) is 0 Å². The van der Waals surface area contributed by atoms with Gasteiger partial charge in [0.15, 0.2) is 5.78 Å². The second kappa shape index (κ2) is 7.06. The zero-order valence-electron chi connectivity index (χ0n) is 11.7. The van der Waals surface area contributed by atoms with E-state index in [1.807, 2.05) is 6.92 Å². The highest BCUT2D eigenvalue weighted by atomic mass is 16.5. The van der Waals surface area contributed by atoms with Crippen LogP contribution in [0.4, 0.5) is 0 Å². The number of ether oxygens (including phenoxy) is 2. The Kier molecular flexibility index (Phi) is 5.14. The largest absolute Gasteiger partial charge is 0.494 e. The van der Waals surface area contributed by atoms with Crippen LogP contribution in [0.1, 0.15) is 37.7 Å². The maximum atomic E-state index is 12.4. The second-order valence-electron chi connectivity index (χ2n) is 4.82. The van der Waals surface area contributed by atoms with Crippen LogP contribution in [0.2, 0.25) is 0 Å². The number of Topliss-reactive ketones (excluding diaryl/α,β-unsaturated/α-hetero) is 1. The summed E-state index contributed by atoms with van der Waals surface area (Å²) in [6.07, 6.45) is 2.26. The molecule has 0 amide bonds. The predicted molar refractivity (Wildman–Crippen MR) is 74.6 cm³/mol. The zero-order valence-corrected chi connectivity index (χ0v) is 11.7. The Morgan fingerprint density at radius 1 is 1.45 bits per heavy atom. The van der Waals surface area contributed by atoms with Gasteiger partial charge < -0.3 is 9.47 Å². The van der Waals surface area contributed by atoms with Gasteiger partial charge in [0.25, 0.3) is 0 Å². The molecule has 2 rings (SSSR count). The monoisotopic (exact) mass is 273 g/mol. The molecule has 2 atom stereocenters. The zero-order chi connectivity index (χ0) is 14.4. The maximum Gasteiger partial charge on any atom is 0.183 e. The highest BCUT2D eigenvalue weighted by Crippen LogP contribution is 2.25. The number of benzene rings is 1. The molecule has 1 aliphatic rings. The van der Waals surface area contributed by atoms with Crippen molar-refractivity contribution in [3.05, 3.63) is 29.8 Å². The molecule has 1 aromatic rings. The van der Waals surface area contributed by atoms with Gasteiger partial charge in [0, 0.05) is 6.61 Å². The van der Waals surface area contributed by atoms with E-state index in [4.69, 9.17) is 9.47 Å². The first-order valence-corrected chi connectivity index (χ1v) is 7.04. The average molecular weight is 273 g/mol. The van der Waals surface area contributed by atoms with Gasteiger partial charge in [0.1, 0.15) is 17.8 Å². The van der Waals surface area contributed by atoms with Crippen molar-refractivity contribution in [3.63, 3.8) is 0 Å². The van der Waals surface area contributed by atoms with Crippen LogP contribution >= 0.6 is 0 Å². The van der Waals surface area contributed by atoms with E-state index in [1.165, 1.54) is 0 Å². The number of ketones is 1. The van der Waals surface area contributed by atoms with Crippen molar-refractivity contribution in [2.75, 3.05) is 13.2 Å². The van der Waals surface area contributed by atoms with E-state index in [-0.39, 0.29) is 5.78 Å². The van der Waals surface area contributed by atoms with Crippen LogP contribution in [0.25, 0.3) is 0 Å². The molecule has 106 valence electrons. The van der Waals surface area contributed by atoms with Crippen LogP contribution in [0.15, 0.2) is 24.3 Å². The average Bonchev–Trinajstić information content (AvgIpc) is 2.51. The number of hydrogen-bond donors (Lipinski definition) is 0. The first-order valence-electron chi connectivity index (χ1n) is 7.04. The van der Waals surface area contributed by atoms with Crippen molar-refractivity contribution in [1.29, 1.82) is 5.26 Å². The van der Waals surface area contributed by atoms with Gasteiger partial charge in [-0.1, -0.05) is 12.1 Å². The summed E-state index contributed by atoms with van der Waals surface area (Å²) in [5.41, 5.74) is 0.704. The number of hydrogen-bond acceptors (Lipinski definition) is 4. The molecule has 0 spiro atoms. The summed E-state index contributed by atoms with van der Waals surface area (Å²) in [6, 6.07) is 9.23. The number of carbonyl (C=O) groups excluding carboxylic acids is 1. The van der Waals surface area contributed by atoms with Crippen molar-refractivity contribution < 1.29 is 14.3 Å². The normalized spacial score (nSPS) is 19.9. The molecule has 0 N–H and O–H groups in total. The minimum atomic E-state index is -0.756. The van der Waals surface area contributed by atoms with Gasteiger partial charge in [-0.25, -0.2) is 0 Å². The van der Waals surface area contributed by atoms with Gasteiger partial charge in [-0.2, -0.15) is 5.26 Å². The molecule has 0 aliphatic carbocycles. The standard InChI is InChI=1S/C16H19NO3/c1-2-19-13-8-6-12(7-9-13)14(11-17)16(18)15-5-3-4-10-20-15/h6-9,14-15H,2-5,10H2,1H3. The van der Waals surface area contributed by atoms with Crippen LogP contribution in [0.5, 0.6) is 5.75 Å². The summed E-state index contributed by atoms with van der Waals surface area (Å²) in [7, 11) is 0. The number of nitriles is 1. The Hall–Kier alpha value is -1.86. The third-order valence-corrected chi connectivity index (χ3v) is 3.44. The lowest BCUT2D eigenvalue weighted by molar-refractivity contribution is -0.133. The first kappa shape index (κ1) is 14.5. The van der Waals surface area contributed by atoms with E-state index in [1.54, 1.807) is 24.3 Å². The first-order chi connectivity index (χ1) is 9.76. The van der Waals surface area contributed by atoms with E-state index in [0.29, 0.717) is 25.2 Å². The molecule has 4 heteroatoms. The Morgan fingerprint density at radius 2 is 2.20 bits per heavy atom. The summed E-state index contributed by atoms with van der Waals surface area (Å²) in [5.74, 6) is -0.139. The molecule has 1 saturated heterocycles. The molecule has 1 fully saturated rings. The van der Waals surface area contributed by atoms with E-state index in [2.05, 4.69) is 6.07 Å². The fraction of sp³-hybridized carbons (Fsp3) is 0.500. The van der Waals surface area contributed by atoms with Gasteiger partial charge in [-0.05, 0) is 43.9 Å². The Balaban J connectivity index is 2.10. The smallest absolute Gasteiger partial charge is 0.183 e. The van der Waals surface area contributed by atoms with E-state index < -0.39 is 12.0 Å². The summed E-state index contributed by atoms with van der Waals surface area (Å²) >= 11 is 0. The minimum Gasteiger partial charge on any atom is -0.494 e. The molecule has 1 aliphatic heterocycles. The molecular weight excluding hydrogens is 254 g/mol. The van der Waals surface area contributed by atoms with Crippen molar-refractivity contribution in [3.8, 4) is 11.8 Å². The summed E-state index contributed by atoms with van der Waals surface area (Å²) in [6.45, 7) is 3.11. The molecule has 4 nitrogen and oxygen atoms in total. The SMILES string of the molecule is CCOc1ccc(C(C#N)C(=O)C2CCCCO2)cc1. The fourth-order valence-corrected chi connectivity index (χ4v) is 2.38. The number of rotatable bonds is 5. The van der Waals surface area contributed by atoms with Gasteiger partial charge in [-0.15, -0.1) is 0 Å². The van der Waals surface area contributed by atoms with E-state index >= 15 is 0 Å². The molecule has 20 heavy (non-hydrogen) atoms. The number of nitrogens with zero attached hydrogens (tertiary/aromatic N) is 1. The lowest BCUT2D eigenvalue weighted by atomic mass is 9.90. The predicted octanol–water partition coefficient (Wildman–Crippen LogP) is 2.83. The third-order valence-electron chi connectivity index (χ3n) is 3.44. The molecule has 2 unspecified atom stereocenters. The van der Waals surface area contributed by atoms with Crippen molar-refractivity contribution in [1.82, 2.24) is 0 Å². The molecule has 1 aromatic carbocycles. The molecule has 1 heterocycles. The van der Waals surface area contributed by atoms with Crippen LogP contribution in [0.3, 0.4) is 0 Å². The summed E-state index contributed by atoms with van der Waals surface area (Å²) in [5, 5.41) is 9.30. The molecule has 0 bridgehead atoms.